The van der Waals surface area contributed by atoms with Gasteiger partial charge in [-0.25, -0.2) is 13.2 Å². The van der Waals surface area contributed by atoms with Gasteiger partial charge in [-0.05, 0) is 30.7 Å². The molecule has 8 nitrogen and oxygen atoms in total. The van der Waals surface area contributed by atoms with Gasteiger partial charge in [0.15, 0.2) is 14.6 Å². The molecule has 0 atom stereocenters. The molecule has 1 amide bonds. The van der Waals surface area contributed by atoms with Crippen molar-refractivity contribution in [3.05, 3.63) is 64.5 Å². The fourth-order valence-electron chi connectivity index (χ4n) is 3.10. The van der Waals surface area contributed by atoms with E-state index in [1.54, 1.807) is 67.1 Å². The highest BCUT2D eigenvalue weighted by Crippen LogP contribution is 2.20. The van der Waals surface area contributed by atoms with Crippen molar-refractivity contribution >= 4 is 43.3 Å². The van der Waals surface area contributed by atoms with E-state index in [2.05, 4.69) is 4.99 Å². The molecular formula is C22H24N2O6S2. The van der Waals surface area contributed by atoms with E-state index >= 15 is 0 Å². The summed E-state index contributed by atoms with van der Waals surface area (Å²) in [5, 5.41) is 0. The Kier molecular flexibility index (Phi) is 7.94. The Labute approximate surface area is 190 Å². The summed E-state index contributed by atoms with van der Waals surface area (Å²) in [6.07, 6.45) is 0. The first kappa shape index (κ1) is 23.8. The molecule has 0 spiro atoms. The largest absolute Gasteiger partial charge is 0.462 e. The third kappa shape index (κ3) is 6.12. The summed E-state index contributed by atoms with van der Waals surface area (Å²) >= 11 is 1.20. The second kappa shape index (κ2) is 10.7. The third-order valence-corrected chi connectivity index (χ3v) is 7.01. The average molecular weight is 477 g/mol. The van der Waals surface area contributed by atoms with Crippen LogP contribution < -0.4 is 4.80 Å². The number of esters is 1. The van der Waals surface area contributed by atoms with Gasteiger partial charge < -0.3 is 14.0 Å². The number of aromatic nitrogens is 1. The molecule has 0 saturated carbocycles. The summed E-state index contributed by atoms with van der Waals surface area (Å²) in [4.78, 5) is 29.0. The molecule has 0 aliphatic rings. The summed E-state index contributed by atoms with van der Waals surface area (Å²) in [6.45, 7) is 2.79. The molecule has 0 bridgehead atoms. The molecule has 0 unspecified atom stereocenters. The third-order valence-electron chi connectivity index (χ3n) is 4.51. The number of hydrogen-bond donors (Lipinski definition) is 0. The molecular weight excluding hydrogens is 452 g/mol. The SMILES string of the molecule is CCOC(=O)c1ccc2c(c1)sc(=NC(=O)CS(=O)(=O)Cc1ccccc1)n2CCOC. The number of benzene rings is 2. The highest BCUT2D eigenvalue weighted by molar-refractivity contribution is 7.91. The zero-order chi connectivity index (χ0) is 23.1. The number of thiazole rings is 1. The molecule has 3 aromatic rings. The number of ether oxygens (including phenoxy) is 2. The van der Waals surface area contributed by atoms with E-state index in [-0.39, 0.29) is 12.4 Å². The van der Waals surface area contributed by atoms with Gasteiger partial charge in [0.2, 0.25) is 0 Å². The zero-order valence-corrected chi connectivity index (χ0v) is 19.4. The van der Waals surface area contributed by atoms with E-state index in [1.165, 1.54) is 11.3 Å². The Morgan fingerprint density at radius 2 is 1.88 bits per heavy atom. The average Bonchev–Trinajstić information content (AvgIpc) is 3.08. The molecule has 0 aliphatic heterocycles. The number of nitrogens with zero attached hydrogens (tertiary/aromatic N) is 2. The van der Waals surface area contributed by atoms with Crippen LogP contribution in [0.5, 0.6) is 0 Å². The maximum absolute atomic E-state index is 12.5. The van der Waals surface area contributed by atoms with E-state index in [9.17, 15) is 18.0 Å². The molecule has 0 fully saturated rings. The second-order valence-corrected chi connectivity index (χ2v) is 10.0. The summed E-state index contributed by atoms with van der Waals surface area (Å²) in [5.74, 6) is -2.10. The lowest BCUT2D eigenvalue weighted by Crippen LogP contribution is -2.22. The normalized spacial score (nSPS) is 12.2. The molecule has 1 aromatic heterocycles. The molecule has 32 heavy (non-hydrogen) atoms. The van der Waals surface area contributed by atoms with Gasteiger partial charge in [-0.3, -0.25) is 4.79 Å². The molecule has 0 radical (unpaired) electrons. The van der Waals surface area contributed by atoms with Crippen molar-refractivity contribution in [2.45, 2.75) is 19.2 Å². The van der Waals surface area contributed by atoms with Crippen LogP contribution in [0.2, 0.25) is 0 Å². The fourth-order valence-corrected chi connectivity index (χ4v) is 5.46. The van der Waals surface area contributed by atoms with Crippen molar-refractivity contribution < 1.29 is 27.5 Å². The van der Waals surface area contributed by atoms with E-state index < -0.39 is 27.5 Å². The summed E-state index contributed by atoms with van der Waals surface area (Å²) in [6, 6.07) is 13.8. The Bertz CT molecular complexity index is 1280. The Morgan fingerprint density at radius 3 is 2.56 bits per heavy atom. The topological polar surface area (TPSA) is 104 Å². The van der Waals surface area contributed by atoms with Crippen molar-refractivity contribution in [1.82, 2.24) is 4.57 Å². The van der Waals surface area contributed by atoms with Gasteiger partial charge in [-0.1, -0.05) is 41.7 Å². The number of fused-ring (bicyclic) bond motifs is 1. The smallest absolute Gasteiger partial charge is 0.338 e. The summed E-state index contributed by atoms with van der Waals surface area (Å²) in [5.41, 5.74) is 1.77. The molecule has 10 heteroatoms. The lowest BCUT2D eigenvalue weighted by Gasteiger charge is -2.05. The standard InChI is InChI=1S/C22H24N2O6S2/c1-3-30-21(26)17-9-10-18-19(13-17)31-22(24(18)11-12-29-2)23-20(25)15-32(27,28)14-16-7-5-4-6-8-16/h4-10,13H,3,11-12,14-15H2,1-2H3. The number of sulfone groups is 1. The van der Waals surface area contributed by atoms with Crippen LogP contribution in [0.1, 0.15) is 22.8 Å². The minimum absolute atomic E-state index is 0.228. The van der Waals surface area contributed by atoms with Gasteiger partial charge >= 0.3 is 5.97 Å². The van der Waals surface area contributed by atoms with Crippen LogP contribution >= 0.6 is 11.3 Å². The van der Waals surface area contributed by atoms with Gasteiger partial charge in [0, 0.05) is 13.7 Å². The highest BCUT2D eigenvalue weighted by Gasteiger charge is 2.18. The van der Waals surface area contributed by atoms with Gasteiger partial charge in [0.1, 0.15) is 5.75 Å². The lowest BCUT2D eigenvalue weighted by molar-refractivity contribution is -0.115. The molecule has 0 N–H and O–H groups in total. The number of amides is 1. The van der Waals surface area contributed by atoms with E-state index in [0.29, 0.717) is 29.1 Å². The van der Waals surface area contributed by atoms with Crippen LogP contribution in [0.3, 0.4) is 0 Å². The van der Waals surface area contributed by atoms with E-state index in [0.717, 1.165) is 10.2 Å². The van der Waals surface area contributed by atoms with E-state index in [1.807, 2.05) is 0 Å². The minimum atomic E-state index is -3.67. The Hall–Kier alpha value is -2.82. The zero-order valence-electron chi connectivity index (χ0n) is 17.8. The van der Waals surface area contributed by atoms with Crippen LogP contribution in [-0.2, 0) is 36.4 Å². The molecule has 1 heterocycles. The predicted octanol–water partition coefficient (Wildman–Crippen LogP) is 2.57. The van der Waals surface area contributed by atoms with Crippen LogP contribution in [0.15, 0.2) is 53.5 Å². The van der Waals surface area contributed by atoms with Crippen molar-refractivity contribution in [3.63, 3.8) is 0 Å². The van der Waals surface area contributed by atoms with Crippen LogP contribution in [0.25, 0.3) is 10.2 Å². The molecule has 0 aliphatic carbocycles. The second-order valence-electron chi connectivity index (χ2n) is 6.96. The monoisotopic (exact) mass is 476 g/mol. The van der Waals surface area contributed by atoms with Gasteiger partial charge in [0.25, 0.3) is 5.91 Å². The van der Waals surface area contributed by atoms with E-state index in [4.69, 9.17) is 9.47 Å². The molecule has 3 rings (SSSR count). The highest BCUT2D eigenvalue weighted by atomic mass is 32.2. The maximum Gasteiger partial charge on any atom is 0.338 e. The van der Waals surface area contributed by atoms with Crippen LogP contribution in [0.4, 0.5) is 0 Å². The number of carbonyl (C=O) groups excluding carboxylic acids is 2. The quantitative estimate of drug-likeness (QED) is 0.440. The molecule has 2 aromatic carbocycles. The molecule has 0 saturated heterocycles. The first-order valence-corrected chi connectivity index (χ1v) is 12.6. The van der Waals surface area contributed by atoms with Gasteiger partial charge in [-0.15, -0.1) is 0 Å². The van der Waals surface area contributed by atoms with Crippen molar-refractivity contribution in [2.24, 2.45) is 4.99 Å². The number of carbonyl (C=O) groups is 2. The van der Waals surface area contributed by atoms with Crippen molar-refractivity contribution in [2.75, 3.05) is 26.1 Å². The first-order valence-electron chi connectivity index (χ1n) is 9.94. The first-order chi connectivity index (χ1) is 15.3. The molecule has 170 valence electrons. The number of methoxy groups -OCH3 is 1. The van der Waals surface area contributed by atoms with Gasteiger partial charge in [0.05, 0.1) is 34.7 Å². The van der Waals surface area contributed by atoms with Crippen LogP contribution in [0, 0.1) is 0 Å². The van der Waals surface area contributed by atoms with Crippen molar-refractivity contribution in [3.8, 4) is 0 Å². The number of rotatable bonds is 9. The Morgan fingerprint density at radius 1 is 1.12 bits per heavy atom. The lowest BCUT2D eigenvalue weighted by atomic mass is 10.2. The fraction of sp³-hybridized carbons (Fsp3) is 0.318. The van der Waals surface area contributed by atoms with Crippen molar-refractivity contribution in [1.29, 1.82) is 0 Å². The predicted molar refractivity (Wildman–Crippen MR) is 122 cm³/mol. The summed E-state index contributed by atoms with van der Waals surface area (Å²) < 4.78 is 37.6. The Balaban J connectivity index is 1.92. The maximum atomic E-state index is 12.5. The van der Waals surface area contributed by atoms with Gasteiger partial charge in [-0.2, -0.15) is 4.99 Å². The minimum Gasteiger partial charge on any atom is -0.462 e. The summed E-state index contributed by atoms with van der Waals surface area (Å²) in [7, 11) is -2.11. The number of hydrogen-bond acceptors (Lipinski definition) is 7. The van der Waals surface area contributed by atoms with Crippen LogP contribution in [-0.4, -0.2) is 50.9 Å².